The van der Waals surface area contributed by atoms with Crippen LogP contribution in [0.15, 0.2) is 21.7 Å². The van der Waals surface area contributed by atoms with Gasteiger partial charge < -0.3 is 11.1 Å². The summed E-state index contributed by atoms with van der Waals surface area (Å²) >= 11 is 3.66. The van der Waals surface area contributed by atoms with Crippen molar-refractivity contribution in [2.75, 3.05) is 5.75 Å². The average Bonchev–Trinajstić information content (AvgIpc) is 2.80. The molecule has 0 aliphatic carbocycles. The zero-order chi connectivity index (χ0) is 14.3. The number of unbranched alkanes of at least 4 members (excludes halogenated alkanes) is 1. The summed E-state index contributed by atoms with van der Waals surface area (Å²) in [6.45, 7) is 5.98. The van der Waals surface area contributed by atoms with Crippen molar-refractivity contribution in [3.8, 4) is 0 Å². The first-order valence-electron chi connectivity index (χ1n) is 6.68. The van der Waals surface area contributed by atoms with E-state index < -0.39 is 5.54 Å². The molecule has 0 fully saturated rings. The minimum absolute atomic E-state index is 0.257. The van der Waals surface area contributed by atoms with Gasteiger partial charge in [0.2, 0.25) is 5.91 Å². The standard InChI is InChI=1S/C14H24N2OS2/c1-11(2)16-14(3,13(15)17)8-4-5-9-18-12-7-6-10-19-12/h6-7,10-11,16H,4-5,8-9H2,1-3H3,(H2,15,17). The maximum Gasteiger partial charge on any atom is 0.237 e. The molecule has 1 aromatic heterocycles. The topological polar surface area (TPSA) is 55.1 Å². The zero-order valence-electron chi connectivity index (χ0n) is 11.9. The van der Waals surface area contributed by atoms with Crippen molar-refractivity contribution in [3.63, 3.8) is 0 Å². The minimum atomic E-state index is -0.582. The van der Waals surface area contributed by atoms with Crippen LogP contribution in [0, 0.1) is 0 Å². The molecule has 0 saturated carbocycles. The van der Waals surface area contributed by atoms with Crippen LogP contribution in [0.1, 0.15) is 40.0 Å². The SMILES string of the molecule is CC(C)NC(C)(CCCCSc1cccs1)C(N)=O. The largest absolute Gasteiger partial charge is 0.368 e. The van der Waals surface area contributed by atoms with Crippen molar-refractivity contribution in [1.29, 1.82) is 0 Å². The molecule has 0 bridgehead atoms. The highest BCUT2D eigenvalue weighted by Gasteiger charge is 2.30. The lowest BCUT2D eigenvalue weighted by Gasteiger charge is -2.29. The van der Waals surface area contributed by atoms with E-state index in [4.69, 9.17) is 5.73 Å². The van der Waals surface area contributed by atoms with Gasteiger partial charge in [0.05, 0.1) is 9.75 Å². The molecule has 0 saturated heterocycles. The van der Waals surface area contributed by atoms with Gasteiger partial charge in [0.15, 0.2) is 0 Å². The van der Waals surface area contributed by atoms with Gasteiger partial charge in [0.1, 0.15) is 0 Å². The van der Waals surface area contributed by atoms with Crippen molar-refractivity contribution in [2.24, 2.45) is 5.73 Å². The maximum absolute atomic E-state index is 11.6. The molecule has 3 N–H and O–H groups in total. The Morgan fingerprint density at radius 3 is 2.79 bits per heavy atom. The molecule has 19 heavy (non-hydrogen) atoms. The van der Waals surface area contributed by atoms with Crippen LogP contribution >= 0.6 is 23.1 Å². The van der Waals surface area contributed by atoms with Gasteiger partial charge in [-0.05, 0) is 50.8 Å². The second kappa shape index (κ2) is 7.92. The third-order valence-corrected chi connectivity index (χ3v) is 5.18. The van der Waals surface area contributed by atoms with Crippen LogP contribution in [0.3, 0.4) is 0 Å². The number of carbonyl (C=O) groups is 1. The maximum atomic E-state index is 11.6. The molecule has 108 valence electrons. The van der Waals surface area contributed by atoms with Crippen LogP contribution in [0.25, 0.3) is 0 Å². The fraction of sp³-hybridized carbons (Fsp3) is 0.643. The molecule has 0 spiro atoms. The summed E-state index contributed by atoms with van der Waals surface area (Å²) < 4.78 is 1.36. The molecule has 5 heteroatoms. The Morgan fingerprint density at radius 2 is 2.26 bits per heavy atom. The molecular formula is C14H24N2OS2. The van der Waals surface area contributed by atoms with Gasteiger partial charge in [-0.15, -0.1) is 23.1 Å². The first-order chi connectivity index (χ1) is 8.94. The molecule has 1 heterocycles. The van der Waals surface area contributed by atoms with E-state index in [-0.39, 0.29) is 11.9 Å². The summed E-state index contributed by atoms with van der Waals surface area (Å²) in [6, 6.07) is 4.48. The van der Waals surface area contributed by atoms with Crippen LogP contribution in [-0.2, 0) is 4.79 Å². The molecule has 1 rings (SSSR count). The van der Waals surface area contributed by atoms with Gasteiger partial charge in [-0.25, -0.2) is 0 Å². The number of hydrogen-bond acceptors (Lipinski definition) is 4. The first-order valence-corrected chi connectivity index (χ1v) is 8.54. The Kier molecular flexibility index (Phi) is 6.89. The molecule has 0 aromatic carbocycles. The van der Waals surface area contributed by atoms with Crippen LogP contribution in [0.2, 0.25) is 0 Å². The average molecular weight is 300 g/mol. The highest BCUT2D eigenvalue weighted by atomic mass is 32.2. The third-order valence-electron chi connectivity index (χ3n) is 2.96. The summed E-state index contributed by atoms with van der Waals surface area (Å²) in [5, 5.41) is 5.38. The van der Waals surface area contributed by atoms with Crippen molar-refractivity contribution in [1.82, 2.24) is 5.32 Å². The van der Waals surface area contributed by atoms with Gasteiger partial charge >= 0.3 is 0 Å². The van der Waals surface area contributed by atoms with E-state index >= 15 is 0 Å². The van der Waals surface area contributed by atoms with Gasteiger partial charge in [-0.1, -0.05) is 12.5 Å². The Bertz CT molecular complexity index is 379. The minimum Gasteiger partial charge on any atom is -0.368 e. The third kappa shape index (κ3) is 5.97. The summed E-state index contributed by atoms with van der Waals surface area (Å²) in [5.74, 6) is 0.837. The number of nitrogens with two attached hydrogens (primary N) is 1. The fourth-order valence-corrected chi connectivity index (χ4v) is 3.86. The fourth-order valence-electron chi connectivity index (χ4n) is 2.00. The van der Waals surface area contributed by atoms with Crippen molar-refractivity contribution < 1.29 is 4.79 Å². The van der Waals surface area contributed by atoms with Crippen molar-refractivity contribution in [2.45, 2.75) is 55.8 Å². The zero-order valence-corrected chi connectivity index (χ0v) is 13.6. The second-order valence-electron chi connectivity index (χ2n) is 5.23. The van der Waals surface area contributed by atoms with Gasteiger partial charge in [-0.2, -0.15) is 0 Å². The van der Waals surface area contributed by atoms with E-state index in [1.807, 2.05) is 32.5 Å². The van der Waals surface area contributed by atoms with Crippen molar-refractivity contribution in [3.05, 3.63) is 17.5 Å². The molecule has 0 radical (unpaired) electrons. The van der Waals surface area contributed by atoms with E-state index in [0.29, 0.717) is 0 Å². The quantitative estimate of drug-likeness (QED) is 0.544. The van der Waals surface area contributed by atoms with E-state index in [1.54, 1.807) is 11.3 Å². The number of carbonyl (C=O) groups excluding carboxylic acids is 1. The van der Waals surface area contributed by atoms with Crippen molar-refractivity contribution >= 4 is 29.0 Å². The predicted molar refractivity (Wildman–Crippen MR) is 84.8 cm³/mol. The lowest BCUT2D eigenvalue weighted by atomic mass is 9.93. The lowest BCUT2D eigenvalue weighted by Crippen LogP contribution is -2.55. The Hall–Kier alpha value is -0.520. The molecular weight excluding hydrogens is 276 g/mol. The number of rotatable bonds is 9. The number of nitrogens with one attached hydrogen (secondary N) is 1. The highest BCUT2D eigenvalue weighted by molar-refractivity contribution is 8.01. The Labute approximate surface area is 124 Å². The molecule has 3 nitrogen and oxygen atoms in total. The van der Waals surface area contributed by atoms with E-state index in [0.717, 1.165) is 25.0 Å². The van der Waals surface area contributed by atoms with E-state index in [2.05, 4.69) is 22.8 Å². The number of thioether (sulfide) groups is 1. The van der Waals surface area contributed by atoms with Crippen LogP contribution < -0.4 is 11.1 Å². The normalized spacial score (nSPS) is 14.5. The molecule has 1 amide bonds. The molecule has 1 aromatic rings. The van der Waals surface area contributed by atoms with Gasteiger partial charge in [0, 0.05) is 6.04 Å². The summed E-state index contributed by atoms with van der Waals surface area (Å²) in [4.78, 5) is 11.6. The molecule has 1 unspecified atom stereocenters. The van der Waals surface area contributed by atoms with Gasteiger partial charge in [-0.3, -0.25) is 4.79 Å². The van der Waals surface area contributed by atoms with Crippen LogP contribution in [0.5, 0.6) is 0 Å². The summed E-state index contributed by atoms with van der Waals surface area (Å²) in [5.41, 5.74) is 4.92. The number of amides is 1. The number of thiophene rings is 1. The molecule has 0 aliphatic rings. The van der Waals surface area contributed by atoms with E-state index in [9.17, 15) is 4.79 Å². The number of primary amides is 1. The van der Waals surface area contributed by atoms with E-state index in [1.165, 1.54) is 4.21 Å². The molecule has 1 atom stereocenters. The summed E-state index contributed by atoms with van der Waals surface area (Å²) in [7, 11) is 0. The lowest BCUT2D eigenvalue weighted by molar-refractivity contribution is -0.124. The van der Waals surface area contributed by atoms with Crippen LogP contribution in [0.4, 0.5) is 0 Å². The Balaban J connectivity index is 2.26. The monoisotopic (exact) mass is 300 g/mol. The Morgan fingerprint density at radius 1 is 1.53 bits per heavy atom. The number of hydrogen-bond donors (Lipinski definition) is 2. The highest BCUT2D eigenvalue weighted by Crippen LogP contribution is 2.25. The second-order valence-corrected chi connectivity index (χ2v) is 7.58. The molecule has 0 aliphatic heterocycles. The first kappa shape index (κ1) is 16.5. The summed E-state index contributed by atoms with van der Waals surface area (Å²) in [6.07, 6.45) is 2.91. The van der Waals surface area contributed by atoms with Gasteiger partial charge in [0.25, 0.3) is 0 Å². The van der Waals surface area contributed by atoms with Crippen LogP contribution in [-0.4, -0.2) is 23.2 Å². The smallest absolute Gasteiger partial charge is 0.237 e. The predicted octanol–water partition coefficient (Wildman–Crippen LogP) is 3.25.